The van der Waals surface area contributed by atoms with E-state index in [1.54, 1.807) is 5.56 Å². The largest absolute Gasteiger partial charge is 0.313 e. The van der Waals surface area contributed by atoms with Crippen LogP contribution in [0, 0.1) is 0 Å². The van der Waals surface area contributed by atoms with E-state index in [0.717, 1.165) is 6.54 Å². The molecule has 2 nitrogen and oxygen atoms in total. The summed E-state index contributed by atoms with van der Waals surface area (Å²) >= 11 is 3.59. The summed E-state index contributed by atoms with van der Waals surface area (Å²) in [7, 11) is 0. The van der Waals surface area contributed by atoms with Crippen molar-refractivity contribution < 1.29 is 0 Å². The van der Waals surface area contributed by atoms with E-state index in [4.69, 9.17) is 0 Å². The standard InChI is InChI=1S/C16H23BrN2/c1-2-19(11-14-4-3-9-18-14)16-8-5-12-10-13(17)6-7-15(12)16/h6-7,10,14,16,18H,2-5,8-9,11H2,1H3. The minimum absolute atomic E-state index is 0.635. The Morgan fingerprint density at radius 1 is 1.37 bits per heavy atom. The van der Waals surface area contributed by atoms with Crippen LogP contribution in [0.4, 0.5) is 0 Å². The van der Waals surface area contributed by atoms with Crippen molar-refractivity contribution in [3.05, 3.63) is 33.8 Å². The molecule has 104 valence electrons. The third-order valence-corrected chi connectivity index (χ3v) is 5.11. The predicted molar refractivity (Wildman–Crippen MR) is 83.5 cm³/mol. The molecule has 1 N–H and O–H groups in total. The highest BCUT2D eigenvalue weighted by atomic mass is 79.9. The van der Waals surface area contributed by atoms with Crippen molar-refractivity contribution >= 4 is 15.9 Å². The Hall–Kier alpha value is -0.380. The van der Waals surface area contributed by atoms with E-state index in [9.17, 15) is 0 Å². The first kappa shape index (κ1) is 13.6. The van der Waals surface area contributed by atoms with Crippen LogP contribution in [0.5, 0.6) is 0 Å². The summed E-state index contributed by atoms with van der Waals surface area (Å²) in [6.45, 7) is 5.86. The summed E-state index contributed by atoms with van der Waals surface area (Å²) in [6.07, 6.45) is 5.20. The maximum atomic E-state index is 3.63. The Kier molecular flexibility index (Phi) is 4.25. The number of aryl methyl sites for hydroxylation is 1. The van der Waals surface area contributed by atoms with Crippen LogP contribution >= 0.6 is 15.9 Å². The fourth-order valence-corrected chi connectivity index (χ4v) is 4.02. The van der Waals surface area contributed by atoms with Gasteiger partial charge >= 0.3 is 0 Å². The molecule has 1 aromatic carbocycles. The predicted octanol–water partition coefficient (Wildman–Crippen LogP) is 3.51. The summed E-state index contributed by atoms with van der Waals surface area (Å²) < 4.78 is 1.22. The molecule has 2 atom stereocenters. The molecule has 3 rings (SSSR count). The molecular weight excluding hydrogens is 300 g/mol. The van der Waals surface area contributed by atoms with E-state index < -0.39 is 0 Å². The lowest BCUT2D eigenvalue weighted by molar-refractivity contribution is 0.189. The van der Waals surface area contributed by atoms with Crippen LogP contribution in [0.25, 0.3) is 0 Å². The Morgan fingerprint density at radius 2 is 2.26 bits per heavy atom. The molecule has 0 saturated carbocycles. The number of nitrogens with one attached hydrogen (secondary N) is 1. The summed E-state index contributed by atoms with van der Waals surface area (Å²) in [5, 5.41) is 3.63. The second kappa shape index (κ2) is 5.94. The number of hydrogen-bond acceptors (Lipinski definition) is 2. The van der Waals surface area contributed by atoms with Crippen LogP contribution in [0.1, 0.15) is 43.4 Å². The first-order valence-electron chi connectivity index (χ1n) is 7.53. The highest BCUT2D eigenvalue weighted by molar-refractivity contribution is 9.10. The van der Waals surface area contributed by atoms with Gasteiger partial charge in [0.05, 0.1) is 0 Å². The summed E-state index contributed by atoms with van der Waals surface area (Å²) in [6, 6.07) is 8.16. The van der Waals surface area contributed by atoms with E-state index in [0.29, 0.717) is 12.1 Å². The molecule has 1 heterocycles. The van der Waals surface area contributed by atoms with E-state index in [-0.39, 0.29) is 0 Å². The van der Waals surface area contributed by atoms with Crippen LogP contribution in [-0.2, 0) is 6.42 Å². The maximum Gasteiger partial charge on any atom is 0.0354 e. The van der Waals surface area contributed by atoms with Crippen LogP contribution in [0.15, 0.2) is 22.7 Å². The lowest BCUT2D eigenvalue weighted by atomic mass is 10.1. The lowest BCUT2D eigenvalue weighted by Crippen LogP contribution is -2.39. The van der Waals surface area contributed by atoms with Gasteiger partial charge in [0.25, 0.3) is 0 Å². The third kappa shape index (κ3) is 2.88. The van der Waals surface area contributed by atoms with Gasteiger partial charge < -0.3 is 5.32 Å². The fraction of sp³-hybridized carbons (Fsp3) is 0.625. The first-order valence-corrected chi connectivity index (χ1v) is 8.33. The molecular formula is C16H23BrN2. The number of rotatable bonds is 4. The van der Waals surface area contributed by atoms with Crippen molar-refractivity contribution in [3.8, 4) is 0 Å². The summed E-state index contributed by atoms with van der Waals surface area (Å²) in [4.78, 5) is 2.67. The van der Waals surface area contributed by atoms with Gasteiger partial charge in [0.2, 0.25) is 0 Å². The molecule has 0 radical (unpaired) electrons. The van der Waals surface area contributed by atoms with Crippen LogP contribution in [-0.4, -0.2) is 30.6 Å². The Balaban J connectivity index is 1.74. The zero-order chi connectivity index (χ0) is 13.2. The van der Waals surface area contributed by atoms with Gasteiger partial charge in [0, 0.05) is 23.1 Å². The zero-order valence-electron chi connectivity index (χ0n) is 11.7. The quantitative estimate of drug-likeness (QED) is 0.912. The van der Waals surface area contributed by atoms with Crippen LogP contribution < -0.4 is 5.32 Å². The van der Waals surface area contributed by atoms with E-state index in [2.05, 4.69) is 51.3 Å². The second-order valence-corrected chi connectivity index (χ2v) is 6.69. The average molecular weight is 323 g/mol. The van der Waals surface area contributed by atoms with E-state index >= 15 is 0 Å². The summed E-state index contributed by atoms with van der Waals surface area (Å²) in [5.74, 6) is 0. The van der Waals surface area contributed by atoms with Gasteiger partial charge in [0.15, 0.2) is 0 Å². The van der Waals surface area contributed by atoms with Crippen molar-refractivity contribution in [2.24, 2.45) is 0 Å². The fourth-order valence-electron chi connectivity index (χ4n) is 3.62. The molecule has 19 heavy (non-hydrogen) atoms. The Morgan fingerprint density at radius 3 is 3.00 bits per heavy atom. The normalized spacial score (nSPS) is 26.1. The number of fused-ring (bicyclic) bond motifs is 1. The number of benzene rings is 1. The SMILES string of the molecule is CCN(CC1CCCN1)C1CCc2cc(Br)ccc21. The van der Waals surface area contributed by atoms with Gasteiger partial charge in [-0.1, -0.05) is 28.9 Å². The zero-order valence-corrected chi connectivity index (χ0v) is 13.2. The molecule has 1 aliphatic carbocycles. The number of hydrogen-bond donors (Lipinski definition) is 1. The molecule has 2 aliphatic rings. The van der Waals surface area contributed by atoms with Gasteiger partial charge in [-0.25, -0.2) is 0 Å². The molecule has 1 aliphatic heterocycles. The third-order valence-electron chi connectivity index (χ3n) is 4.62. The van der Waals surface area contributed by atoms with E-state index in [1.807, 2.05) is 0 Å². The maximum absolute atomic E-state index is 3.63. The number of halogens is 1. The number of likely N-dealkylation sites (N-methyl/N-ethyl adjacent to an activating group) is 1. The second-order valence-electron chi connectivity index (χ2n) is 5.78. The van der Waals surface area contributed by atoms with E-state index in [1.165, 1.54) is 48.8 Å². The van der Waals surface area contributed by atoms with Crippen molar-refractivity contribution in [2.75, 3.05) is 19.6 Å². The topological polar surface area (TPSA) is 15.3 Å². The molecule has 1 aromatic rings. The molecule has 0 spiro atoms. The Bertz CT molecular complexity index is 440. The van der Waals surface area contributed by atoms with Crippen molar-refractivity contribution in [2.45, 2.75) is 44.7 Å². The van der Waals surface area contributed by atoms with Crippen LogP contribution in [0.3, 0.4) is 0 Å². The first-order chi connectivity index (χ1) is 9.28. The molecule has 0 bridgehead atoms. The van der Waals surface area contributed by atoms with Crippen molar-refractivity contribution in [3.63, 3.8) is 0 Å². The van der Waals surface area contributed by atoms with Crippen molar-refractivity contribution in [1.29, 1.82) is 0 Å². The van der Waals surface area contributed by atoms with Gasteiger partial charge in [0.1, 0.15) is 0 Å². The minimum Gasteiger partial charge on any atom is -0.313 e. The molecule has 3 heteroatoms. The van der Waals surface area contributed by atoms with Crippen molar-refractivity contribution in [1.82, 2.24) is 10.2 Å². The summed E-state index contributed by atoms with van der Waals surface area (Å²) in [5.41, 5.74) is 3.10. The molecule has 1 saturated heterocycles. The smallest absolute Gasteiger partial charge is 0.0354 e. The van der Waals surface area contributed by atoms with Gasteiger partial charge in [-0.2, -0.15) is 0 Å². The monoisotopic (exact) mass is 322 g/mol. The highest BCUT2D eigenvalue weighted by Crippen LogP contribution is 2.37. The average Bonchev–Trinajstić information content (AvgIpc) is 3.04. The minimum atomic E-state index is 0.635. The van der Waals surface area contributed by atoms with Crippen LogP contribution in [0.2, 0.25) is 0 Å². The lowest BCUT2D eigenvalue weighted by Gasteiger charge is -2.31. The molecule has 1 fully saturated rings. The molecule has 0 aromatic heterocycles. The van der Waals surface area contributed by atoms with Gasteiger partial charge in [-0.3, -0.25) is 4.90 Å². The highest BCUT2D eigenvalue weighted by Gasteiger charge is 2.29. The van der Waals surface area contributed by atoms with Gasteiger partial charge in [-0.05, 0) is 62.0 Å². The molecule has 2 unspecified atom stereocenters. The number of nitrogens with zero attached hydrogens (tertiary/aromatic N) is 1. The van der Waals surface area contributed by atoms with Gasteiger partial charge in [-0.15, -0.1) is 0 Å². The Labute approximate surface area is 124 Å². The molecule has 0 amide bonds.